The van der Waals surface area contributed by atoms with Crippen molar-refractivity contribution in [2.45, 2.75) is 52.5 Å². The lowest BCUT2D eigenvalue weighted by atomic mass is 9.82. The maximum Gasteiger partial charge on any atom is 0.310 e. The molecule has 2 unspecified atom stereocenters. The number of hydrogen-bond acceptors (Lipinski definition) is 3. The van der Waals surface area contributed by atoms with Gasteiger partial charge in [-0.05, 0) is 37.3 Å². The number of nitrogens with one attached hydrogen (secondary N) is 1. The molecule has 4 nitrogen and oxygen atoms in total. The number of carboxylic acids is 1. The molecule has 0 radical (unpaired) electrons. The molecule has 1 aliphatic rings. The highest BCUT2D eigenvalue weighted by molar-refractivity contribution is 5.74. The fraction of sp³-hybridized carbons (Fsp3) is 0.688. The highest BCUT2D eigenvalue weighted by atomic mass is 16.4. The first kappa shape index (κ1) is 15.1. The van der Waals surface area contributed by atoms with Crippen LogP contribution in [0.1, 0.15) is 57.5 Å². The fourth-order valence-corrected chi connectivity index (χ4v) is 2.71. The predicted octanol–water partition coefficient (Wildman–Crippen LogP) is 3.38. The SMILES string of the molecule is CCC(CC)(CNCc1ccc(C2CC2C)o1)C(=O)O. The van der Waals surface area contributed by atoms with Gasteiger partial charge in [-0.25, -0.2) is 0 Å². The summed E-state index contributed by atoms with van der Waals surface area (Å²) >= 11 is 0. The molecule has 2 rings (SSSR count). The van der Waals surface area contributed by atoms with Crippen LogP contribution in [0.3, 0.4) is 0 Å². The molecule has 0 amide bonds. The molecule has 2 atom stereocenters. The predicted molar refractivity (Wildman–Crippen MR) is 77.6 cm³/mol. The molecule has 0 saturated heterocycles. The molecular weight excluding hydrogens is 254 g/mol. The van der Waals surface area contributed by atoms with E-state index in [1.54, 1.807) is 0 Å². The molecule has 1 heterocycles. The minimum Gasteiger partial charge on any atom is -0.481 e. The standard InChI is InChI=1S/C16H25NO3/c1-4-16(5-2,15(18)19)10-17-9-12-6-7-14(20-12)13-8-11(13)3/h6-7,11,13,17H,4-5,8-10H2,1-3H3,(H,18,19). The summed E-state index contributed by atoms with van der Waals surface area (Å²) in [5.74, 6) is 2.58. The Bertz CT molecular complexity index is 462. The summed E-state index contributed by atoms with van der Waals surface area (Å²) in [7, 11) is 0. The second-order valence-electron chi connectivity index (χ2n) is 6.02. The van der Waals surface area contributed by atoms with Crippen molar-refractivity contribution in [3.63, 3.8) is 0 Å². The van der Waals surface area contributed by atoms with Crippen molar-refractivity contribution < 1.29 is 14.3 Å². The first-order valence-corrected chi connectivity index (χ1v) is 7.55. The van der Waals surface area contributed by atoms with Crippen LogP contribution in [-0.2, 0) is 11.3 Å². The van der Waals surface area contributed by atoms with Gasteiger partial charge in [0.15, 0.2) is 0 Å². The zero-order chi connectivity index (χ0) is 14.8. The Labute approximate surface area is 120 Å². The lowest BCUT2D eigenvalue weighted by Gasteiger charge is -2.26. The van der Waals surface area contributed by atoms with E-state index < -0.39 is 11.4 Å². The Morgan fingerprint density at radius 2 is 2.10 bits per heavy atom. The van der Waals surface area contributed by atoms with E-state index in [1.807, 2.05) is 19.9 Å². The first-order valence-electron chi connectivity index (χ1n) is 7.55. The van der Waals surface area contributed by atoms with Crippen molar-refractivity contribution in [3.8, 4) is 0 Å². The van der Waals surface area contributed by atoms with Crippen molar-refractivity contribution in [1.29, 1.82) is 0 Å². The Balaban J connectivity index is 1.85. The van der Waals surface area contributed by atoms with Gasteiger partial charge in [-0.15, -0.1) is 0 Å². The molecule has 1 saturated carbocycles. The fourth-order valence-electron chi connectivity index (χ4n) is 2.71. The van der Waals surface area contributed by atoms with Crippen LogP contribution in [0.25, 0.3) is 0 Å². The number of hydrogen-bond donors (Lipinski definition) is 2. The molecule has 20 heavy (non-hydrogen) atoms. The van der Waals surface area contributed by atoms with Gasteiger partial charge < -0.3 is 14.8 Å². The lowest BCUT2D eigenvalue weighted by molar-refractivity contribution is -0.149. The largest absolute Gasteiger partial charge is 0.481 e. The zero-order valence-electron chi connectivity index (χ0n) is 12.6. The molecule has 4 heteroatoms. The third-order valence-electron chi connectivity index (χ3n) is 4.73. The summed E-state index contributed by atoms with van der Waals surface area (Å²) in [5, 5.41) is 12.6. The van der Waals surface area contributed by atoms with E-state index in [4.69, 9.17) is 4.42 Å². The van der Waals surface area contributed by atoms with E-state index in [9.17, 15) is 9.90 Å². The normalized spacial score (nSPS) is 21.9. The van der Waals surface area contributed by atoms with E-state index in [1.165, 1.54) is 6.42 Å². The lowest BCUT2D eigenvalue weighted by Crippen LogP contribution is -2.39. The van der Waals surface area contributed by atoms with Crippen molar-refractivity contribution in [2.75, 3.05) is 6.54 Å². The summed E-state index contributed by atoms with van der Waals surface area (Å²) in [6, 6.07) is 4.04. The number of furan rings is 1. The molecule has 1 aromatic heterocycles. The second-order valence-corrected chi connectivity index (χ2v) is 6.02. The molecule has 2 N–H and O–H groups in total. The van der Waals surface area contributed by atoms with E-state index >= 15 is 0 Å². The van der Waals surface area contributed by atoms with Gasteiger partial charge >= 0.3 is 5.97 Å². The number of aliphatic carboxylic acids is 1. The van der Waals surface area contributed by atoms with Gasteiger partial charge in [0.2, 0.25) is 0 Å². The summed E-state index contributed by atoms with van der Waals surface area (Å²) in [6.45, 7) is 7.16. The van der Waals surface area contributed by atoms with E-state index in [2.05, 4.69) is 18.3 Å². The average molecular weight is 279 g/mol. The third-order valence-corrected chi connectivity index (χ3v) is 4.73. The van der Waals surface area contributed by atoms with Gasteiger partial charge in [0.1, 0.15) is 11.5 Å². The second kappa shape index (κ2) is 6.00. The van der Waals surface area contributed by atoms with Gasteiger partial charge in [-0.3, -0.25) is 4.79 Å². The topological polar surface area (TPSA) is 62.5 Å². The van der Waals surface area contributed by atoms with Crippen LogP contribution in [0.15, 0.2) is 16.5 Å². The Morgan fingerprint density at radius 3 is 2.60 bits per heavy atom. The van der Waals surface area contributed by atoms with Gasteiger partial charge in [0.25, 0.3) is 0 Å². The molecule has 0 spiro atoms. The quantitative estimate of drug-likeness (QED) is 0.765. The minimum atomic E-state index is -0.720. The maximum absolute atomic E-state index is 11.4. The van der Waals surface area contributed by atoms with Crippen LogP contribution in [-0.4, -0.2) is 17.6 Å². The van der Waals surface area contributed by atoms with Crippen molar-refractivity contribution in [2.24, 2.45) is 11.3 Å². The molecular formula is C16H25NO3. The number of carboxylic acid groups (broad SMARTS) is 1. The monoisotopic (exact) mass is 279 g/mol. The smallest absolute Gasteiger partial charge is 0.310 e. The van der Waals surface area contributed by atoms with Gasteiger partial charge in [-0.2, -0.15) is 0 Å². The van der Waals surface area contributed by atoms with Crippen LogP contribution in [0, 0.1) is 11.3 Å². The maximum atomic E-state index is 11.4. The van der Waals surface area contributed by atoms with Crippen LogP contribution in [0.5, 0.6) is 0 Å². The summed E-state index contributed by atoms with van der Waals surface area (Å²) < 4.78 is 5.81. The molecule has 0 aromatic carbocycles. The molecule has 1 aromatic rings. The van der Waals surface area contributed by atoms with Crippen LogP contribution in [0.4, 0.5) is 0 Å². The van der Waals surface area contributed by atoms with Gasteiger partial charge in [0, 0.05) is 12.5 Å². The summed E-state index contributed by atoms with van der Waals surface area (Å²) in [4.78, 5) is 11.4. The van der Waals surface area contributed by atoms with Crippen LogP contribution >= 0.6 is 0 Å². The van der Waals surface area contributed by atoms with Crippen molar-refractivity contribution in [3.05, 3.63) is 23.7 Å². The molecule has 112 valence electrons. The van der Waals surface area contributed by atoms with Gasteiger partial charge in [-0.1, -0.05) is 20.8 Å². The number of carbonyl (C=O) groups is 1. The van der Waals surface area contributed by atoms with Crippen LogP contribution < -0.4 is 5.32 Å². The van der Waals surface area contributed by atoms with E-state index in [0.29, 0.717) is 31.8 Å². The van der Waals surface area contributed by atoms with Gasteiger partial charge in [0.05, 0.1) is 12.0 Å². The van der Waals surface area contributed by atoms with E-state index in [0.717, 1.165) is 17.4 Å². The Kier molecular flexibility index (Phi) is 4.53. The van der Waals surface area contributed by atoms with Crippen molar-refractivity contribution in [1.82, 2.24) is 5.32 Å². The van der Waals surface area contributed by atoms with E-state index in [-0.39, 0.29) is 0 Å². The minimum absolute atomic E-state index is 0.477. The van der Waals surface area contributed by atoms with Crippen molar-refractivity contribution >= 4 is 5.97 Å². The average Bonchev–Trinajstić information content (AvgIpc) is 2.98. The zero-order valence-corrected chi connectivity index (χ0v) is 12.6. The Morgan fingerprint density at radius 1 is 1.45 bits per heavy atom. The summed E-state index contributed by atoms with van der Waals surface area (Å²) in [5.41, 5.74) is -0.666. The Hall–Kier alpha value is -1.29. The molecule has 0 aliphatic heterocycles. The highest BCUT2D eigenvalue weighted by Crippen LogP contribution is 2.47. The third kappa shape index (κ3) is 3.06. The molecule has 0 bridgehead atoms. The summed E-state index contributed by atoms with van der Waals surface area (Å²) in [6.07, 6.45) is 2.48. The number of rotatable bonds is 8. The molecule has 1 fully saturated rings. The first-order chi connectivity index (χ1) is 9.52. The molecule has 1 aliphatic carbocycles. The highest BCUT2D eigenvalue weighted by Gasteiger charge is 2.37. The van der Waals surface area contributed by atoms with Crippen LogP contribution in [0.2, 0.25) is 0 Å².